The van der Waals surface area contributed by atoms with E-state index in [2.05, 4.69) is 41.3 Å². The SMILES string of the molecule is CCN(CC)C(CNC(=O)c1ccc(=O)n(CCOC)n1)Cc1ccccc1. The van der Waals surface area contributed by atoms with E-state index in [-0.39, 0.29) is 23.2 Å². The molecule has 0 bridgehead atoms. The van der Waals surface area contributed by atoms with Crippen molar-refractivity contribution in [3.8, 4) is 0 Å². The quantitative estimate of drug-likeness (QED) is 0.634. The van der Waals surface area contributed by atoms with Crippen LogP contribution in [0.25, 0.3) is 0 Å². The lowest BCUT2D eigenvalue weighted by Gasteiger charge is -2.30. The molecule has 0 saturated carbocycles. The summed E-state index contributed by atoms with van der Waals surface area (Å²) in [6.07, 6.45) is 0.851. The van der Waals surface area contributed by atoms with Crippen molar-refractivity contribution in [2.45, 2.75) is 32.9 Å². The second-order valence-electron chi connectivity index (χ2n) is 6.55. The lowest BCUT2D eigenvalue weighted by molar-refractivity contribution is 0.0926. The maximum absolute atomic E-state index is 12.6. The average Bonchev–Trinajstić information content (AvgIpc) is 2.72. The van der Waals surface area contributed by atoms with Gasteiger partial charge >= 0.3 is 0 Å². The third-order valence-electron chi connectivity index (χ3n) is 4.75. The number of nitrogens with one attached hydrogen (secondary N) is 1. The van der Waals surface area contributed by atoms with Crippen LogP contribution in [0.1, 0.15) is 29.9 Å². The van der Waals surface area contributed by atoms with Crippen LogP contribution < -0.4 is 10.9 Å². The summed E-state index contributed by atoms with van der Waals surface area (Å²) >= 11 is 0. The average molecular weight is 386 g/mol. The number of aromatic nitrogens is 2. The van der Waals surface area contributed by atoms with Gasteiger partial charge in [0.2, 0.25) is 0 Å². The molecule has 0 spiro atoms. The van der Waals surface area contributed by atoms with Crippen molar-refractivity contribution in [2.24, 2.45) is 0 Å². The molecular weight excluding hydrogens is 356 g/mol. The molecule has 0 aliphatic rings. The molecule has 7 nitrogen and oxygen atoms in total. The molecule has 0 aliphatic carbocycles. The highest BCUT2D eigenvalue weighted by Gasteiger charge is 2.18. The van der Waals surface area contributed by atoms with Crippen molar-refractivity contribution in [3.63, 3.8) is 0 Å². The first-order chi connectivity index (χ1) is 13.6. The summed E-state index contributed by atoms with van der Waals surface area (Å²) in [5, 5.41) is 7.14. The third kappa shape index (κ3) is 6.28. The molecule has 1 heterocycles. The number of ether oxygens (including phenoxy) is 1. The molecule has 152 valence electrons. The normalized spacial score (nSPS) is 12.1. The largest absolute Gasteiger partial charge is 0.383 e. The zero-order valence-electron chi connectivity index (χ0n) is 16.9. The van der Waals surface area contributed by atoms with E-state index in [9.17, 15) is 9.59 Å². The van der Waals surface area contributed by atoms with Crippen molar-refractivity contribution in [2.75, 3.05) is 33.4 Å². The van der Waals surface area contributed by atoms with Crippen LogP contribution >= 0.6 is 0 Å². The van der Waals surface area contributed by atoms with Gasteiger partial charge in [-0.3, -0.25) is 14.5 Å². The maximum atomic E-state index is 12.6. The van der Waals surface area contributed by atoms with Gasteiger partial charge in [-0.2, -0.15) is 5.10 Å². The van der Waals surface area contributed by atoms with Gasteiger partial charge in [-0.05, 0) is 31.1 Å². The van der Waals surface area contributed by atoms with E-state index in [1.807, 2.05) is 18.2 Å². The Labute approximate surface area is 166 Å². The molecule has 7 heteroatoms. The van der Waals surface area contributed by atoms with Crippen LogP contribution in [0.5, 0.6) is 0 Å². The lowest BCUT2D eigenvalue weighted by Crippen LogP contribution is -2.45. The summed E-state index contributed by atoms with van der Waals surface area (Å²) in [6.45, 7) is 7.24. The summed E-state index contributed by atoms with van der Waals surface area (Å²) in [5.41, 5.74) is 1.22. The number of rotatable bonds is 11. The van der Waals surface area contributed by atoms with E-state index in [1.165, 1.54) is 22.4 Å². The predicted octanol–water partition coefficient (Wildman–Crippen LogP) is 1.57. The number of amides is 1. The van der Waals surface area contributed by atoms with E-state index < -0.39 is 0 Å². The molecule has 2 aromatic rings. The van der Waals surface area contributed by atoms with Crippen molar-refractivity contribution in [1.82, 2.24) is 20.0 Å². The summed E-state index contributed by atoms with van der Waals surface area (Å²) < 4.78 is 6.24. The molecule has 0 radical (unpaired) electrons. The Balaban J connectivity index is 2.07. The molecule has 1 unspecified atom stereocenters. The second kappa shape index (κ2) is 11.4. The molecule has 1 aromatic heterocycles. The maximum Gasteiger partial charge on any atom is 0.271 e. The standard InChI is InChI=1S/C21H30N4O3/c1-4-24(5-2)18(15-17-9-7-6-8-10-17)16-22-21(27)19-11-12-20(26)25(23-19)13-14-28-3/h6-12,18H,4-5,13-16H2,1-3H3,(H,22,27). The number of hydrogen-bond acceptors (Lipinski definition) is 5. The number of benzene rings is 1. The molecule has 28 heavy (non-hydrogen) atoms. The van der Waals surface area contributed by atoms with E-state index in [1.54, 1.807) is 7.11 Å². The number of carbonyl (C=O) groups excluding carboxylic acids is 1. The van der Waals surface area contributed by atoms with Gasteiger partial charge in [0.25, 0.3) is 11.5 Å². The number of hydrogen-bond donors (Lipinski definition) is 1. The monoisotopic (exact) mass is 386 g/mol. The molecule has 1 amide bonds. The molecule has 0 aliphatic heterocycles. The van der Waals surface area contributed by atoms with Crippen LogP contribution in [0.15, 0.2) is 47.3 Å². The highest BCUT2D eigenvalue weighted by Crippen LogP contribution is 2.09. The van der Waals surface area contributed by atoms with Crippen LogP contribution in [0, 0.1) is 0 Å². The first-order valence-electron chi connectivity index (χ1n) is 9.72. The third-order valence-corrected chi connectivity index (χ3v) is 4.75. The first-order valence-corrected chi connectivity index (χ1v) is 9.72. The Bertz CT molecular complexity index is 788. The second-order valence-corrected chi connectivity index (χ2v) is 6.55. The predicted molar refractivity (Wildman–Crippen MR) is 110 cm³/mol. The topological polar surface area (TPSA) is 76.5 Å². The Morgan fingerprint density at radius 2 is 1.89 bits per heavy atom. The Morgan fingerprint density at radius 1 is 1.18 bits per heavy atom. The molecular formula is C21H30N4O3. The van der Waals surface area contributed by atoms with Crippen molar-refractivity contribution >= 4 is 5.91 Å². The highest BCUT2D eigenvalue weighted by atomic mass is 16.5. The van der Waals surface area contributed by atoms with Gasteiger partial charge in [0.05, 0.1) is 13.2 Å². The highest BCUT2D eigenvalue weighted by molar-refractivity contribution is 5.92. The molecule has 1 aromatic carbocycles. The minimum absolute atomic E-state index is 0.181. The van der Waals surface area contributed by atoms with Crippen molar-refractivity contribution < 1.29 is 9.53 Å². The minimum atomic E-state index is -0.281. The van der Waals surface area contributed by atoms with Crippen molar-refractivity contribution in [1.29, 1.82) is 0 Å². The summed E-state index contributed by atoms with van der Waals surface area (Å²) in [5.74, 6) is -0.281. The van der Waals surface area contributed by atoms with Crippen LogP contribution in [-0.4, -0.2) is 60.0 Å². The smallest absolute Gasteiger partial charge is 0.271 e. The first kappa shape index (κ1) is 21.8. The molecule has 0 fully saturated rings. The van der Waals surface area contributed by atoms with Gasteiger partial charge in [-0.25, -0.2) is 4.68 Å². The van der Waals surface area contributed by atoms with Crippen LogP contribution in [0.4, 0.5) is 0 Å². The number of carbonyl (C=O) groups is 1. The van der Waals surface area contributed by atoms with Crippen LogP contribution in [-0.2, 0) is 17.7 Å². The number of methoxy groups -OCH3 is 1. The van der Waals surface area contributed by atoms with Crippen molar-refractivity contribution in [3.05, 3.63) is 64.1 Å². The van der Waals surface area contributed by atoms with Gasteiger partial charge in [0.15, 0.2) is 0 Å². The zero-order valence-corrected chi connectivity index (χ0v) is 16.9. The summed E-state index contributed by atoms with van der Waals surface area (Å²) in [6, 6.07) is 13.3. The van der Waals surface area contributed by atoms with E-state index in [4.69, 9.17) is 4.74 Å². The summed E-state index contributed by atoms with van der Waals surface area (Å²) in [7, 11) is 1.56. The van der Waals surface area contributed by atoms with E-state index >= 15 is 0 Å². The van der Waals surface area contributed by atoms with Gasteiger partial charge in [0.1, 0.15) is 5.69 Å². The Kier molecular flexibility index (Phi) is 8.84. The fraction of sp³-hybridized carbons (Fsp3) is 0.476. The van der Waals surface area contributed by atoms with Gasteiger partial charge < -0.3 is 10.1 Å². The lowest BCUT2D eigenvalue weighted by atomic mass is 10.0. The van der Waals surface area contributed by atoms with E-state index in [0.29, 0.717) is 19.7 Å². The Hall–Kier alpha value is -2.51. The molecule has 2 rings (SSSR count). The molecule has 1 atom stereocenters. The van der Waals surface area contributed by atoms with E-state index in [0.717, 1.165) is 19.5 Å². The Morgan fingerprint density at radius 3 is 2.54 bits per heavy atom. The molecule has 1 N–H and O–H groups in total. The van der Waals surface area contributed by atoms with Crippen LogP contribution in [0.3, 0.4) is 0 Å². The number of nitrogens with zero attached hydrogens (tertiary/aromatic N) is 3. The number of likely N-dealkylation sites (N-methyl/N-ethyl adjacent to an activating group) is 1. The molecule has 0 saturated heterocycles. The van der Waals surface area contributed by atoms with Gasteiger partial charge in [-0.1, -0.05) is 44.2 Å². The van der Waals surface area contributed by atoms with Gasteiger partial charge in [-0.15, -0.1) is 0 Å². The van der Waals surface area contributed by atoms with Gasteiger partial charge in [0, 0.05) is 25.8 Å². The fourth-order valence-corrected chi connectivity index (χ4v) is 3.17. The minimum Gasteiger partial charge on any atom is -0.383 e. The van der Waals surface area contributed by atoms with Crippen LogP contribution in [0.2, 0.25) is 0 Å². The fourth-order valence-electron chi connectivity index (χ4n) is 3.17. The summed E-state index contributed by atoms with van der Waals surface area (Å²) in [4.78, 5) is 26.8. The zero-order chi connectivity index (χ0) is 20.4.